The van der Waals surface area contributed by atoms with Gasteiger partial charge in [0, 0.05) is 0 Å². The van der Waals surface area contributed by atoms with Gasteiger partial charge in [0.15, 0.2) is 0 Å². The second-order valence-electron chi connectivity index (χ2n) is 4.94. The zero-order valence-electron chi connectivity index (χ0n) is 12.8. The molecule has 0 aromatic heterocycles. The van der Waals surface area contributed by atoms with Gasteiger partial charge in [-0.25, -0.2) is 24.0 Å². The van der Waals surface area contributed by atoms with E-state index >= 15 is 0 Å². The van der Waals surface area contributed by atoms with Crippen molar-refractivity contribution in [2.75, 3.05) is 0 Å². The molecule has 0 atom stereocenters. The van der Waals surface area contributed by atoms with E-state index in [0.717, 1.165) is 18.2 Å². The topological polar surface area (TPSA) is 155 Å². The predicted octanol–water partition coefficient (Wildman–Crippen LogP) is 1.78. The van der Waals surface area contributed by atoms with E-state index in [0.29, 0.717) is 11.1 Å². The largest absolute Gasteiger partial charge is 0.478 e. The van der Waals surface area contributed by atoms with E-state index in [2.05, 4.69) is 4.74 Å². The van der Waals surface area contributed by atoms with Gasteiger partial charge in [-0.3, -0.25) is 0 Å². The molecule has 0 aliphatic carbocycles. The van der Waals surface area contributed by atoms with Crippen LogP contribution in [0.25, 0.3) is 0 Å². The van der Waals surface area contributed by atoms with E-state index < -0.39 is 29.8 Å². The van der Waals surface area contributed by atoms with Crippen LogP contribution < -0.4 is 0 Å². The number of hydrogen-bond donors (Lipinski definition) is 3. The maximum atomic E-state index is 10.8. The monoisotopic (exact) mass is 358 g/mol. The van der Waals surface area contributed by atoms with Gasteiger partial charge in [-0.15, -0.1) is 0 Å². The summed E-state index contributed by atoms with van der Waals surface area (Å²) >= 11 is 0. The van der Waals surface area contributed by atoms with Crippen LogP contribution in [0.4, 0.5) is 0 Å². The fourth-order valence-electron chi connectivity index (χ4n) is 2.03. The van der Waals surface area contributed by atoms with Gasteiger partial charge in [-0.2, -0.15) is 0 Å². The first-order valence-electron chi connectivity index (χ1n) is 6.91. The number of fused-ring (bicyclic) bond motifs is 1. The first-order valence-corrected chi connectivity index (χ1v) is 6.91. The Morgan fingerprint density at radius 1 is 0.654 bits per heavy atom. The molecule has 1 heterocycles. The first kappa shape index (κ1) is 18.3. The molecule has 1 aliphatic rings. The van der Waals surface area contributed by atoms with Gasteiger partial charge in [-0.1, -0.05) is 12.1 Å². The lowest BCUT2D eigenvalue weighted by molar-refractivity contribution is 0.0441. The van der Waals surface area contributed by atoms with Crippen LogP contribution in [-0.2, 0) is 4.74 Å². The van der Waals surface area contributed by atoms with Gasteiger partial charge in [0.25, 0.3) is 0 Å². The third-order valence-corrected chi connectivity index (χ3v) is 3.23. The number of cyclic esters (lactones) is 2. The van der Waals surface area contributed by atoms with Gasteiger partial charge in [0.1, 0.15) is 0 Å². The molecule has 26 heavy (non-hydrogen) atoms. The molecule has 0 saturated carbocycles. The van der Waals surface area contributed by atoms with Gasteiger partial charge in [0.05, 0.1) is 27.8 Å². The molecular weight excluding hydrogens is 348 g/mol. The van der Waals surface area contributed by atoms with Crippen molar-refractivity contribution >= 4 is 29.8 Å². The summed E-state index contributed by atoms with van der Waals surface area (Å²) in [6, 6.07) is 9.23. The Bertz CT molecular complexity index is 831. The van der Waals surface area contributed by atoms with E-state index in [1.54, 1.807) is 24.3 Å². The number of ether oxygens (including phenoxy) is 1. The Morgan fingerprint density at radius 2 is 0.962 bits per heavy atom. The molecular formula is C17H10O9. The SMILES string of the molecule is O=C(O)c1cc(C(=O)O)cc(C(=O)O)c1.O=C1OC(=O)c2ccccc21. The van der Waals surface area contributed by atoms with Crippen LogP contribution in [0.2, 0.25) is 0 Å². The molecule has 0 bridgehead atoms. The van der Waals surface area contributed by atoms with E-state index in [9.17, 15) is 24.0 Å². The second-order valence-corrected chi connectivity index (χ2v) is 4.94. The van der Waals surface area contributed by atoms with Crippen molar-refractivity contribution in [1.82, 2.24) is 0 Å². The number of benzene rings is 2. The molecule has 0 spiro atoms. The third-order valence-electron chi connectivity index (χ3n) is 3.23. The van der Waals surface area contributed by atoms with Crippen molar-refractivity contribution in [3.63, 3.8) is 0 Å². The lowest BCUT2D eigenvalue weighted by Gasteiger charge is -2.00. The minimum Gasteiger partial charge on any atom is -0.478 e. The number of hydrogen-bond acceptors (Lipinski definition) is 6. The summed E-state index contributed by atoms with van der Waals surface area (Å²) in [6.45, 7) is 0. The molecule has 0 unspecified atom stereocenters. The van der Waals surface area contributed by atoms with Gasteiger partial charge in [0.2, 0.25) is 0 Å². The number of aromatic carboxylic acids is 3. The fraction of sp³-hybridized carbons (Fsp3) is 0. The van der Waals surface area contributed by atoms with Crippen molar-refractivity contribution < 1.29 is 44.0 Å². The number of carboxylic acids is 3. The van der Waals surface area contributed by atoms with Crippen molar-refractivity contribution in [3.8, 4) is 0 Å². The van der Waals surface area contributed by atoms with Crippen LogP contribution in [0, 0.1) is 0 Å². The molecule has 132 valence electrons. The number of carbonyl (C=O) groups excluding carboxylic acids is 2. The highest BCUT2D eigenvalue weighted by Crippen LogP contribution is 2.18. The van der Waals surface area contributed by atoms with Crippen LogP contribution in [0.5, 0.6) is 0 Å². The van der Waals surface area contributed by atoms with Crippen molar-refractivity contribution in [2.24, 2.45) is 0 Å². The Morgan fingerprint density at radius 3 is 1.23 bits per heavy atom. The van der Waals surface area contributed by atoms with Gasteiger partial charge >= 0.3 is 29.8 Å². The summed E-state index contributed by atoms with van der Waals surface area (Å²) in [6.07, 6.45) is 0. The highest BCUT2D eigenvalue weighted by Gasteiger charge is 2.28. The number of rotatable bonds is 3. The van der Waals surface area contributed by atoms with Crippen LogP contribution >= 0.6 is 0 Å². The summed E-state index contributed by atoms with van der Waals surface area (Å²) in [4.78, 5) is 53.4. The Balaban J connectivity index is 0.000000195. The van der Waals surface area contributed by atoms with Gasteiger partial charge < -0.3 is 20.1 Å². The molecule has 0 fully saturated rings. The van der Waals surface area contributed by atoms with Gasteiger partial charge in [-0.05, 0) is 30.3 Å². The summed E-state index contributed by atoms with van der Waals surface area (Å²) in [5.41, 5.74) is -0.387. The number of carbonyl (C=O) groups is 5. The normalized spacial score (nSPS) is 11.7. The standard InChI is InChI=1S/C9H6O6.C8H4O3/c10-7(11)4-1-5(8(12)13)3-6(2-4)9(14)15;9-7-5-3-1-2-4-6(5)8(10)11-7/h1-3H,(H,10,11)(H,12,13)(H,14,15);1-4H. The van der Waals surface area contributed by atoms with Crippen LogP contribution in [-0.4, -0.2) is 45.2 Å². The summed E-state index contributed by atoms with van der Waals surface area (Å²) in [5.74, 6) is -5.22. The summed E-state index contributed by atoms with van der Waals surface area (Å²) < 4.78 is 4.35. The molecule has 2 aromatic carbocycles. The minimum atomic E-state index is -1.37. The van der Waals surface area contributed by atoms with Crippen LogP contribution in [0.15, 0.2) is 42.5 Å². The Kier molecular flexibility index (Phi) is 5.12. The maximum absolute atomic E-state index is 10.8. The summed E-state index contributed by atoms with van der Waals surface area (Å²) in [5, 5.41) is 25.8. The number of esters is 2. The lowest BCUT2D eigenvalue weighted by Crippen LogP contribution is -2.07. The van der Waals surface area contributed by atoms with Crippen molar-refractivity contribution in [2.45, 2.75) is 0 Å². The third kappa shape index (κ3) is 3.90. The molecule has 0 amide bonds. The van der Waals surface area contributed by atoms with E-state index in [-0.39, 0.29) is 16.7 Å². The summed E-state index contributed by atoms with van der Waals surface area (Å²) in [7, 11) is 0. The van der Waals surface area contributed by atoms with E-state index in [1.165, 1.54) is 0 Å². The molecule has 3 rings (SSSR count). The zero-order valence-corrected chi connectivity index (χ0v) is 12.8. The van der Waals surface area contributed by atoms with E-state index in [4.69, 9.17) is 15.3 Å². The fourth-order valence-corrected chi connectivity index (χ4v) is 2.03. The Labute approximate surface area is 145 Å². The van der Waals surface area contributed by atoms with Crippen LogP contribution in [0.3, 0.4) is 0 Å². The first-order chi connectivity index (χ1) is 12.2. The molecule has 1 aliphatic heterocycles. The minimum absolute atomic E-state index is 0.359. The molecule has 0 saturated heterocycles. The molecule has 3 N–H and O–H groups in total. The zero-order chi connectivity index (χ0) is 19.4. The average molecular weight is 358 g/mol. The molecule has 9 heteroatoms. The Hall–Kier alpha value is -4.01. The van der Waals surface area contributed by atoms with Crippen LogP contribution in [0.1, 0.15) is 51.8 Å². The molecule has 9 nitrogen and oxygen atoms in total. The maximum Gasteiger partial charge on any atom is 0.346 e. The second kappa shape index (κ2) is 7.26. The van der Waals surface area contributed by atoms with Crippen molar-refractivity contribution in [3.05, 3.63) is 70.3 Å². The average Bonchev–Trinajstić information content (AvgIpc) is 2.89. The molecule has 2 aromatic rings. The predicted molar refractivity (Wildman–Crippen MR) is 83.5 cm³/mol. The highest BCUT2D eigenvalue weighted by molar-refractivity contribution is 6.14. The smallest absolute Gasteiger partial charge is 0.346 e. The van der Waals surface area contributed by atoms with Crippen molar-refractivity contribution in [1.29, 1.82) is 0 Å². The lowest BCUT2D eigenvalue weighted by atomic mass is 10.1. The quantitative estimate of drug-likeness (QED) is 0.549. The number of carboxylic acid groups (broad SMARTS) is 3. The van der Waals surface area contributed by atoms with E-state index in [1.807, 2.05) is 0 Å². The molecule has 0 radical (unpaired) electrons. The highest BCUT2D eigenvalue weighted by atomic mass is 16.6.